The van der Waals surface area contributed by atoms with E-state index in [1.165, 1.54) is 13.0 Å². The fourth-order valence-electron chi connectivity index (χ4n) is 3.61. The summed E-state index contributed by atoms with van der Waals surface area (Å²) in [6.45, 7) is 0.410. The zero-order valence-electron chi connectivity index (χ0n) is 18.5. The number of carbonyl (C=O) groups is 1. The highest BCUT2D eigenvalue weighted by molar-refractivity contribution is 7.59. The second-order valence-corrected chi connectivity index (χ2v) is 7.61. The summed E-state index contributed by atoms with van der Waals surface area (Å²) in [4.78, 5) is 15.6. The van der Waals surface area contributed by atoms with Crippen LogP contribution in [0.15, 0.2) is 65.1 Å². The molecule has 0 fully saturated rings. The number of nitrogens with one attached hydrogen (secondary N) is 1. The normalized spacial score (nSPS) is 11.9. The van der Waals surface area contributed by atoms with Gasteiger partial charge in [-0.05, 0) is 42.7 Å². The number of hydrogen-bond donors (Lipinski definition) is 2. The Morgan fingerprint density at radius 3 is 2.50 bits per heavy atom. The summed E-state index contributed by atoms with van der Waals surface area (Å²) in [6.07, 6.45) is 0. The largest absolute Gasteiger partial charge is 0.480 e. The molecule has 1 heterocycles. The molecule has 9 heteroatoms. The second kappa shape index (κ2) is 10.7. The van der Waals surface area contributed by atoms with Gasteiger partial charge in [0.1, 0.15) is 17.3 Å². The average Bonchev–Trinajstić information content (AvgIpc) is 3.20. The highest BCUT2D eigenvalue weighted by Crippen LogP contribution is 2.35. The van der Waals surface area contributed by atoms with Gasteiger partial charge in [-0.1, -0.05) is 42.5 Å². The average molecular weight is 487 g/mol. The predicted molar refractivity (Wildman–Crippen MR) is 131 cm³/mol. The van der Waals surface area contributed by atoms with Crippen LogP contribution in [-0.2, 0) is 11.3 Å². The number of benzene rings is 3. The van der Waals surface area contributed by atoms with Crippen molar-refractivity contribution >= 4 is 30.6 Å². The van der Waals surface area contributed by atoms with Gasteiger partial charge in [-0.15, -0.1) is 0 Å². The van der Waals surface area contributed by atoms with Crippen molar-refractivity contribution in [2.45, 2.75) is 33.0 Å². The standard InChI is InChI=1S/C25H22F2N2O4.H2S/c1-14-18(16-7-4-3-5-8-16)9-6-10-19(14)23-29-20-11-17(13-28-15(2)24(30)31)21(33-25(26)27)12-22(20)32-23;/h3-12,15,25,28H,13H2,1-2H3,(H,30,31);1H2/t15-;/m0./s1. The summed E-state index contributed by atoms with van der Waals surface area (Å²) >= 11 is 0. The summed E-state index contributed by atoms with van der Waals surface area (Å²) in [5.41, 5.74) is 4.94. The number of aliphatic carboxylic acids is 1. The van der Waals surface area contributed by atoms with Crippen molar-refractivity contribution in [3.05, 3.63) is 71.8 Å². The van der Waals surface area contributed by atoms with Crippen LogP contribution >= 0.6 is 13.5 Å². The Morgan fingerprint density at radius 1 is 1.12 bits per heavy atom. The third-order valence-electron chi connectivity index (χ3n) is 5.40. The summed E-state index contributed by atoms with van der Waals surface area (Å²) in [5.74, 6) is -0.794. The van der Waals surface area contributed by atoms with E-state index in [2.05, 4.69) is 15.0 Å². The van der Waals surface area contributed by atoms with E-state index in [0.717, 1.165) is 22.3 Å². The maximum absolute atomic E-state index is 13.0. The van der Waals surface area contributed by atoms with E-state index < -0.39 is 18.6 Å². The molecule has 1 atom stereocenters. The quantitative estimate of drug-likeness (QED) is 0.330. The highest BCUT2D eigenvalue weighted by atomic mass is 32.1. The number of nitrogens with zero attached hydrogens (tertiary/aromatic N) is 1. The Labute approximate surface area is 202 Å². The molecule has 2 N–H and O–H groups in total. The van der Waals surface area contributed by atoms with E-state index in [4.69, 9.17) is 9.52 Å². The minimum Gasteiger partial charge on any atom is -0.480 e. The minimum absolute atomic E-state index is 0. The zero-order valence-corrected chi connectivity index (χ0v) is 19.5. The van der Waals surface area contributed by atoms with Gasteiger partial charge in [-0.2, -0.15) is 22.3 Å². The lowest BCUT2D eigenvalue weighted by Crippen LogP contribution is -2.33. The van der Waals surface area contributed by atoms with Gasteiger partial charge in [0.25, 0.3) is 0 Å². The molecule has 0 aliphatic carbocycles. The first kappa shape index (κ1) is 25.2. The molecule has 3 aromatic carbocycles. The molecule has 0 aliphatic rings. The fraction of sp³-hybridized carbons (Fsp3) is 0.200. The minimum atomic E-state index is -3.04. The Kier molecular flexibility index (Phi) is 7.90. The van der Waals surface area contributed by atoms with Crippen molar-refractivity contribution in [1.29, 1.82) is 0 Å². The van der Waals surface area contributed by atoms with Crippen molar-refractivity contribution in [2.24, 2.45) is 0 Å². The zero-order chi connectivity index (χ0) is 23.5. The van der Waals surface area contributed by atoms with Crippen LogP contribution in [0.25, 0.3) is 33.7 Å². The maximum Gasteiger partial charge on any atom is 0.387 e. The number of hydrogen-bond acceptors (Lipinski definition) is 5. The summed E-state index contributed by atoms with van der Waals surface area (Å²) in [7, 11) is 0. The maximum atomic E-state index is 13.0. The van der Waals surface area contributed by atoms with Crippen molar-refractivity contribution in [3.8, 4) is 28.3 Å². The SMILES string of the molecule is Cc1c(-c2ccccc2)cccc1-c1nc2cc(CN[C@@H](C)C(=O)O)c(OC(F)F)cc2o1.S. The summed E-state index contributed by atoms with van der Waals surface area (Å²) < 4.78 is 36.5. The Bertz CT molecular complexity index is 1300. The molecule has 34 heavy (non-hydrogen) atoms. The van der Waals surface area contributed by atoms with Gasteiger partial charge in [0.2, 0.25) is 5.89 Å². The van der Waals surface area contributed by atoms with Crippen LogP contribution in [0.3, 0.4) is 0 Å². The number of carboxylic acids is 1. The van der Waals surface area contributed by atoms with E-state index in [1.807, 2.05) is 55.5 Å². The Morgan fingerprint density at radius 2 is 1.82 bits per heavy atom. The molecule has 1 aromatic heterocycles. The predicted octanol–water partition coefficient (Wildman–Crippen LogP) is 5.75. The lowest BCUT2D eigenvalue weighted by molar-refractivity contribution is -0.139. The van der Waals surface area contributed by atoms with Crippen LogP contribution in [0.5, 0.6) is 5.75 Å². The lowest BCUT2D eigenvalue weighted by Gasteiger charge is -2.13. The highest BCUT2D eigenvalue weighted by Gasteiger charge is 2.19. The van der Waals surface area contributed by atoms with E-state index in [9.17, 15) is 13.6 Å². The number of alkyl halides is 2. The number of carboxylic acid groups (broad SMARTS) is 1. The van der Waals surface area contributed by atoms with Crippen LogP contribution in [0.2, 0.25) is 0 Å². The molecule has 4 rings (SSSR count). The molecule has 0 bridgehead atoms. The number of ether oxygens (including phenoxy) is 1. The van der Waals surface area contributed by atoms with Crippen LogP contribution in [0.1, 0.15) is 18.1 Å². The molecule has 0 aliphatic heterocycles. The number of aromatic nitrogens is 1. The number of oxazole rings is 1. The molecule has 0 radical (unpaired) electrons. The first-order chi connectivity index (χ1) is 15.8. The number of fused-ring (bicyclic) bond motifs is 1. The molecule has 0 unspecified atom stereocenters. The van der Waals surface area contributed by atoms with Crippen LogP contribution in [-0.4, -0.2) is 28.7 Å². The van der Waals surface area contributed by atoms with Crippen molar-refractivity contribution in [2.75, 3.05) is 0 Å². The second-order valence-electron chi connectivity index (χ2n) is 7.61. The summed E-state index contributed by atoms with van der Waals surface area (Å²) in [5, 5.41) is 11.8. The molecule has 4 aromatic rings. The molecule has 0 saturated heterocycles. The molecule has 178 valence electrons. The first-order valence-corrected chi connectivity index (χ1v) is 10.3. The van der Waals surface area contributed by atoms with Crippen LogP contribution in [0, 0.1) is 6.92 Å². The number of rotatable bonds is 8. The van der Waals surface area contributed by atoms with Gasteiger partial charge in [-0.3, -0.25) is 4.79 Å². The molecule has 0 spiro atoms. The third kappa shape index (κ3) is 5.37. The van der Waals surface area contributed by atoms with Crippen molar-refractivity contribution in [3.63, 3.8) is 0 Å². The molecule has 6 nitrogen and oxygen atoms in total. The van der Waals surface area contributed by atoms with Crippen LogP contribution in [0.4, 0.5) is 8.78 Å². The molecule has 0 saturated carbocycles. The van der Waals surface area contributed by atoms with Gasteiger partial charge in [0.05, 0.1) is 0 Å². The van der Waals surface area contributed by atoms with Gasteiger partial charge in [0, 0.05) is 23.7 Å². The van der Waals surface area contributed by atoms with Crippen molar-refractivity contribution in [1.82, 2.24) is 10.3 Å². The number of halogens is 2. The van der Waals surface area contributed by atoms with Gasteiger partial charge in [0.15, 0.2) is 5.58 Å². The van der Waals surface area contributed by atoms with Crippen molar-refractivity contribution < 1.29 is 27.8 Å². The smallest absolute Gasteiger partial charge is 0.387 e. The Hall–Kier alpha value is -3.43. The Balaban J connectivity index is 0.00000324. The molecular weight excluding hydrogens is 462 g/mol. The molecular formula is C25H24F2N2O4S. The monoisotopic (exact) mass is 486 g/mol. The van der Waals surface area contributed by atoms with E-state index in [0.29, 0.717) is 22.6 Å². The third-order valence-corrected chi connectivity index (χ3v) is 5.40. The first-order valence-electron chi connectivity index (χ1n) is 10.3. The van der Waals surface area contributed by atoms with E-state index in [-0.39, 0.29) is 25.8 Å². The topological polar surface area (TPSA) is 84.6 Å². The van der Waals surface area contributed by atoms with Gasteiger partial charge in [-0.25, -0.2) is 4.98 Å². The van der Waals surface area contributed by atoms with E-state index in [1.54, 1.807) is 6.07 Å². The van der Waals surface area contributed by atoms with Crippen LogP contribution < -0.4 is 10.1 Å². The van der Waals surface area contributed by atoms with Gasteiger partial charge >= 0.3 is 12.6 Å². The molecule has 0 amide bonds. The van der Waals surface area contributed by atoms with E-state index >= 15 is 0 Å². The van der Waals surface area contributed by atoms with Gasteiger partial charge < -0.3 is 19.6 Å². The lowest BCUT2D eigenvalue weighted by atomic mass is 9.96. The summed E-state index contributed by atoms with van der Waals surface area (Å²) in [6, 6.07) is 17.8. The fourth-order valence-corrected chi connectivity index (χ4v) is 3.61.